The number of hydrogen-bond donors (Lipinski definition) is 2. The molecule has 3 aromatic carbocycles. The van der Waals surface area contributed by atoms with Crippen LogP contribution in [0.1, 0.15) is 38.7 Å². The van der Waals surface area contributed by atoms with Crippen molar-refractivity contribution >= 4 is 22.9 Å². The third-order valence-electron chi connectivity index (χ3n) is 7.43. The second-order valence-corrected chi connectivity index (χ2v) is 9.70. The van der Waals surface area contributed by atoms with E-state index in [-0.39, 0.29) is 17.5 Å². The van der Waals surface area contributed by atoms with Gasteiger partial charge in [-0.2, -0.15) is 0 Å². The third kappa shape index (κ3) is 3.99. The highest BCUT2D eigenvalue weighted by atomic mass is 16.5. The molecule has 37 heavy (non-hydrogen) atoms. The first-order chi connectivity index (χ1) is 17.9. The fourth-order valence-corrected chi connectivity index (χ4v) is 5.51. The highest BCUT2D eigenvalue weighted by Crippen LogP contribution is 2.43. The molecule has 0 saturated carbocycles. The number of carbonyl (C=O) groups is 2. The average Bonchev–Trinajstić information content (AvgIpc) is 3.22. The van der Waals surface area contributed by atoms with E-state index in [2.05, 4.69) is 4.57 Å². The number of carboxylic acids is 1. The molecule has 2 N–H and O–H groups in total. The Morgan fingerprint density at radius 2 is 1.78 bits per heavy atom. The summed E-state index contributed by atoms with van der Waals surface area (Å²) in [6.07, 6.45) is -0.925. The number of aliphatic hydroxyl groups excluding tert-OH is 1. The molecule has 3 heterocycles. The number of benzene rings is 3. The summed E-state index contributed by atoms with van der Waals surface area (Å²) in [7, 11) is 1.63. The highest BCUT2D eigenvalue weighted by molar-refractivity contribution is 5.90. The van der Waals surface area contributed by atoms with Gasteiger partial charge in [0.15, 0.2) is 0 Å². The highest BCUT2D eigenvalue weighted by Gasteiger charge is 2.44. The number of urea groups is 1. The van der Waals surface area contributed by atoms with Gasteiger partial charge in [0, 0.05) is 42.7 Å². The van der Waals surface area contributed by atoms with Crippen molar-refractivity contribution in [2.45, 2.75) is 31.8 Å². The number of aromatic carboxylic acids is 1. The van der Waals surface area contributed by atoms with Crippen LogP contribution >= 0.6 is 0 Å². The van der Waals surface area contributed by atoms with Gasteiger partial charge in [-0.05, 0) is 47.0 Å². The predicted molar refractivity (Wildman–Crippen MR) is 138 cm³/mol. The van der Waals surface area contributed by atoms with Crippen molar-refractivity contribution in [3.05, 3.63) is 101 Å². The molecule has 2 unspecified atom stereocenters. The zero-order valence-electron chi connectivity index (χ0n) is 20.4. The zero-order valence-corrected chi connectivity index (χ0v) is 20.4. The van der Waals surface area contributed by atoms with E-state index in [1.807, 2.05) is 60.7 Å². The van der Waals surface area contributed by atoms with Crippen LogP contribution in [0.25, 0.3) is 10.9 Å². The van der Waals surface area contributed by atoms with E-state index < -0.39 is 12.2 Å². The molecule has 0 spiro atoms. The van der Waals surface area contributed by atoms with E-state index in [0.29, 0.717) is 26.2 Å². The minimum absolute atomic E-state index is 0.191. The van der Waals surface area contributed by atoms with Gasteiger partial charge >= 0.3 is 12.0 Å². The minimum atomic E-state index is -0.962. The molecule has 8 heteroatoms. The van der Waals surface area contributed by atoms with Crippen molar-refractivity contribution in [2.24, 2.45) is 0 Å². The van der Waals surface area contributed by atoms with Gasteiger partial charge < -0.3 is 29.3 Å². The molecule has 1 fully saturated rings. The Morgan fingerprint density at radius 1 is 1.03 bits per heavy atom. The van der Waals surface area contributed by atoms with Crippen LogP contribution in [0, 0.1) is 0 Å². The Morgan fingerprint density at radius 3 is 2.51 bits per heavy atom. The Hall–Kier alpha value is -4.30. The van der Waals surface area contributed by atoms with E-state index in [1.54, 1.807) is 24.1 Å². The van der Waals surface area contributed by atoms with Crippen LogP contribution in [0.3, 0.4) is 0 Å². The number of likely N-dealkylation sites (N-methyl/N-ethyl adjacent to an activating group) is 1. The first-order valence-electron chi connectivity index (χ1n) is 12.2. The number of nitrogens with zero attached hydrogens (tertiary/aromatic N) is 3. The predicted octanol–water partition coefficient (Wildman–Crippen LogP) is 4.25. The Balaban J connectivity index is 1.43. The van der Waals surface area contributed by atoms with E-state index in [1.165, 1.54) is 4.90 Å². The van der Waals surface area contributed by atoms with Gasteiger partial charge in [-0.15, -0.1) is 0 Å². The molecule has 2 aliphatic rings. The van der Waals surface area contributed by atoms with E-state index in [0.717, 1.165) is 39.0 Å². The summed E-state index contributed by atoms with van der Waals surface area (Å²) in [5, 5.41) is 21.3. The van der Waals surface area contributed by atoms with Gasteiger partial charge in [-0.25, -0.2) is 9.59 Å². The van der Waals surface area contributed by atoms with Gasteiger partial charge in [0.1, 0.15) is 18.6 Å². The summed E-state index contributed by atoms with van der Waals surface area (Å²) in [5.41, 5.74) is 5.25. The van der Waals surface area contributed by atoms with Crippen LogP contribution in [-0.2, 0) is 19.7 Å². The maximum atomic E-state index is 12.8. The molecular weight excluding hydrogens is 470 g/mol. The number of ether oxygens (including phenoxy) is 1. The minimum Gasteiger partial charge on any atom is -0.489 e. The number of amides is 2. The first-order valence-corrected chi connectivity index (χ1v) is 12.2. The number of fused-ring (bicyclic) bond motifs is 6. The van der Waals surface area contributed by atoms with Crippen LogP contribution in [0.15, 0.2) is 72.8 Å². The van der Waals surface area contributed by atoms with Gasteiger partial charge in [-0.1, -0.05) is 42.5 Å². The fourth-order valence-electron chi connectivity index (χ4n) is 5.51. The van der Waals surface area contributed by atoms with E-state index in [4.69, 9.17) is 4.74 Å². The number of carboxylic acid groups (broad SMARTS) is 1. The van der Waals surface area contributed by atoms with Gasteiger partial charge in [0.2, 0.25) is 0 Å². The lowest BCUT2D eigenvalue weighted by Gasteiger charge is -2.45. The summed E-state index contributed by atoms with van der Waals surface area (Å²) < 4.78 is 8.29. The summed E-state index contributed by atoms with van der Waals surface area (Å²) >= 11 is 0. The fraction of sp³-hybridized carbons (Fsp3) is 0.241. The number of aliphatic hydroxyl groups is 1. The van der Waals surface area contributed by atoms with Crippen LogP contribution in [-0.4, -0.2) is 56.4 Å². The van der Waals surface area contributed by atoms with Crippen LogP contribution in [0.4, 0.5) is 4.79 Å². The molecule has 2 atom stereocenters. The second-order valence-electron chi connectivity index (χ2n) is 9.70. The lowest BCUT2D eigenvalue weighted by molar-refractivity contribution is -0.0264. The van der Waals surface area contributed by atoms with Crippen LogP contribution < -0.4 is 4.74 Å². The third-order valence-corrected chi connectivity index (χ3v) is 7.43. The molecule has 0 aliphatic carbocycles. The number of rotatable bonds is 6. The molecular formula is C29H27N3O5. The molecule has 2 aliphatic heterocycles. The van der Waals surface area contributed by atoms with Crippen molar-refractivity contribution in [1.82, 2.24) is 14.4 Å². The molecule has 0 radical (unpaired) electrons. The molecule has 6 rings (SSSR count). The molecule has 8 nitrogen and oxygen atoms in total. The lowest BCUT2D eigenvalue weighted by atomic mass is 9.88. The zero-order chi connectivity index (χ0) is 25.7. The summed E-state index contributed by atoms with van der Waals surface area (Å²) in [5.74, 6) is -0.483. The van der Waals surface area contributed by atoms with Gasteiger partial charge in [0.05, 0.1) is 12.1 Å². The number of hydrogen-bond acceptors (Lipinski definition) is 4. The SMILES string of the molecule is CN1C(=O)N2Cc3c(c4cc(OCc5ccccc5)ccc4n3Cc3ccc(C(=O)O)cc3)C(C2)C1O. The van der Waals surface area contributed by atoms with Crippen LogP contribution in [0.2, 0.25) is 0 Å². The lowest BCUT2D eigenvalue weighted by Crippen LogP contribution is -2.58. The van der Waals surface area contributed by atoms with Crippen molar-refractivity contribution in [1.29, 1.82) is 0 Å². The van der Waals surface area contributed by atoms with Crippen molar-refractivity contribution in [3.63, 3.8) is 0 Å². The molecule has 4 aromatic rings. The molecule has 188 valence electrons. The normalized spacial score (nSPS) is 18.7. The Kier molecular flexibility index (Phi) is 5.61. The molecule has 2 amide bonds. The second kappa shape index (κ2) is 8.97. The van der Waals surface area contributed by atoms with Gasteiger partial charge in [0.25, 0.3) is 0 Å². The van der Waals surface area contributed by atoms with Crippen molar-refractivity contribution in [3.8, 4) is 5.75 Å². The maximum Gasteiger partial charge on any atom is 0.335 e. The van der Waals surface area contributed by atoms with Crippen molar-refractivity contribution in [2.75, 3.05) is 13.6 Å². The molecule has 2 bridgehead atoms. The Bertz CT molecular complexity index is 1500. The number of carbonyl (C=O) groups excluding carboxylic acids is 1. The van der Waals surface area contributed by atoms with Gasteiger partial charge in [-0.3, -0.25) is 0 Å². The smallest absolute Gasteiger partial charge is 0.335 e. The largest absolute Gasteiger partial charge is 0.489 e. The summed E-state index contributed by atoms with van der Waals surface area (Å²) in [6.45, 7) is 1.85. The average molecular weight is 498 g/mol. The summed E-state index contributed by atoms with van der Waals surface area (Å²) in [6, 6.07) is 22.6. The molecule has 1 saturated heterocycles. The van der Waals surface area contributed by atoms with E-state index in [9.17, 15) is 19.8 Å². The topological polar surface area (TPSA) is 95.2 Å². The monoisotopic (exact) mass is 497 g/mol. The van der Waals surface area contributed by atoms with E-state index >= 15 is 0 Å². The molecule has 1 aromatic heterocycles. The maximum absolute atomic E-state index is 12.8. The Labute approximate surface area is 213 Å². The first kappa shape index (κ1) is 23.1. The van der Waals surface area contributed by atoms with Crippen LogP contribution in [0.5, 0.6) is 5.75 Å². The van der Waals surface area contributed by atoms with Crippen molar-refractivity contribution < 1.29 is 24.5 Å². The number of aromatic nitrogens is 1. The summed E-state index contributed by atoms with van der Waals surface area (Å²) in [4.78, 5) is 27.3. The standard InChI is InChI=1S/C29H27N3O5/c1-30-27(33)23-15-31(29(30)36)16-25-26(23)22-13-21(37-17-19-5-3-2-4-6-19)11-12-24(22)32(25)14-18-7-9-20(10-8-18)28(34)35/h2-13,23,27,33H,14-17H2,1H3,(H,34,35). The quantitative estimate of drug-likeness (QED) is 0.415.